The van der Waals surface area contributed by atoms with Crippen molar-refractivity contribution in [3.05, 3.63) is 0 Å². The first kappa shape index (κ1) is 12.1. The SMILES string of the molecule is CN(C)CCCS(=O)CCCN. The van der Waals surface area contributed by atoms with Crippen LogP contribution in [0.15, 0.2) is 0 Å². The van der Waals surface area contributed by atoms with Crippen molar-refractivity contribution >= 4 is 10.8 Å². The molecule has 3 nitrogen and oxygen atoms in total. The van der Waals surface area contributed by atoms with E-state index < -0.39 is 10.8 Å². The zero-order valence-electron chi connectivity index (χ0n) is 8.08. The molecule has 0 saturated heterocycles. The summed E-state index contributed by atoms with van der Waals surface area (Å²) in [5.74, 6) is 1.59. The molecule has 0 aliphatic carbocycles. The normalized spacial score (nSPS) is 13.7. The Kier molecular flexibility index (Phi) is 7.75. The van der Waals surface area contributed by atoms with Crippen LogP contribution < -0.4 is 5.73 Å². The number of nitrogens with zero attached hydrogens (tertiary/aromatic N) is 1. The van der Waals surface area contributed by atoms with E-state index in [1.165, 1.54) is 0 Å². The Morgan fingerprint density at radius 1 is 1.25 bits per heavy atom. The van der Waals surface area contributed by atoms with E-state index in [9.17, 15) is 4.21 Å². The first-order valence-corrected chi connectivity index (χ1v) is 5.85. The Labute approximate surface area is 77.8 Å². The maximum Gasteiger partial charge on any atom is 0.0247 e. The highest BCUT2D eigenvalue weighted by molar-refractivity contribution is 7.84. The average Bonchev–Trinajstić information content (AvgIpc) is 2.00. The predicted molar refractivity (Wildman–Crippen MR) is 54.7 cm³/mol. The van der Waals surface area contributed by atoms with E-state index in [4.69, 9.17) is 5.73 Å². The second-order valence-corrected chi connectivity index (χ2v) is 4.84. The van der Waals surface area contributed by atoms with Crippen molar-refractivity contribution < 1.29 is 4.21 Å². The molecule has 0 aliphatic rings. The van der Waals surface area contributed by atoms with Crippen LogP contribution in [0.5, 0.6) is 0 Å². The summed E-state index contributed by atoms with van der Waals surface area (Å²) >= 11 is 0. The molecule has 12 heavy (non-hydrogen) atoms. The van der Waals surface area contributed by atoms with Gasteiger partial charge in [0.2, 0.25) is 0 Å². The Morgan fingerprint density at radius 3 is 2.33 bits per heavy atom. The lowest BCUT2D eigenvalue weighted by molar-refractivity contribution is 0.409. The molecule has 0 aromatic carbocycles. The molecule has 0 aliphatic heterocycles. The van der Waals surface area contributed by atoms with E-state index in [-0.39, 0.29) is 0 Å². The van der Waals surface area contributed by atoms with Crippen molar-refractivity contribution in [2.24, 2.45) is 5.73 Å². The molecule has 4 heteroatoms. The highest BCUT2D eigenvalue weighted by atomic mass is 32.2. The van der Waals surface area contributed by atoms with E-state index in [0.717, 1.165) is 30.9 Å². The first-order valence-electron chi connectivity index (χ1n) is 4.36. The Balaban J connectivity index is 3.20. The summed E-state index contributed by atoms with van der Waals surface area (Å²) in [6, 6.07) is 0. The molecule has 0 heterocycles. The van der Waals surface area contributed by atoms with Gasteiger partial charge >= 0.3 is 0 Å². The fourth-order valence-electron chi connectivity index (χ4n) is 0.888. The summed E-state index contributed by atoms with van der Waals surface area (Å²) in [5.41, 5.74) is 5.31. The van der Waals surface area contributed by atoms with Crippen LogP contribution in [0.1, 0.15) is 12.8 Å². The van der Waals surface area contributed by atoms with Crippen LogP contribution in [0, 0.1) is 0 Å². The van der Waals surface area contributed by atoms with E-state index in [0.29, 0.717) is 6.54 Å². The van der Waals surface area contributed by atoms with Gasteiger partial charge in [0, 0.05) is 22.3 Å². The largest absolute Gasteiger partial charge is 0.330 e. The molecule has 0 aromatic rings. The van der Waals surface area contributed by atoms with Gasteiger partial charge in [-0.25, -0.2) is 0 Å². The molecule has 0 amide bonds. The average molecular weight is 192 g/mol. The molecule has 0 saturated carbocycles. The number of hydrogen-bond acceptors (Lipinski definition) is 3. The lowest BCUT2D eigenvalue weighted by atomic mass is 10.5. The van der Waals surface area contributed by atoms with E-state index in [2.05, 4.69) is 4.90 Å². The summed E-state index contributed by atoms with van der Waals surface area (Å²) in [6.45, 7) is 1.67. The molecule has 1 unspecified atom stereocenters. The van der Waals surface area contributed by atoms with Crippen molar-refractivity contribution in [2.75, 3.05) is 38.7 Å². The number of nitrogens with two attached hydrogens (primary N) is 1. The quantitative estimate of drug-likeness (QED) is 0.619. The second kappa shape index (κ2) is 7.71. The molecule has 0 bridgehead atoms. The lowest BCUT2D eigenvalue weighted by Gasteiger charge is -2.08. The van der Waals surface area contributed by atoms with Crippen LogP contribution in [-0.4, -0.2) is 47.8 Å². The van der Waals surface area contributed by atoms with Crippen LogP contribution in [0.3, 0.4) is 0 Å². The van der Waals surface area contributed by atoms with Crippen molar-refractivity contribution in [3.63, 3.8) is 0 Å². The molecule has 0 spiro atoms. The van der Waals surface area contributed by atoms with Gasteiger partial charge < -0.3 is 10.6 Å². The molecule has 74 valence electrons. The molecular formula is C8H20N2OS. The summed E-state index contributed by atoms with van der Waals surface area (Å²) in [7, 11) is 3.42. The summed E-state index contributed by atoms with van der Waals surface area (Å²) in [4.78, 5) is 2.11. The highest BCUT2D eigenvalue weighted by Crippen LogP contribution is 1.91. The van der Waals surface area contributed by atoms with Gasteiger partial charge in [0.25, 0.3) is 0 Å². The summed E-state index contributed by atoms with van der Waals surface area (Å²) in [5, 5.41) is 0. The van der Waals surface area contributed by atoms with Crippen molar-refractivity contribution in [3.8, 4) is 0 Å². The molecule has 2 N–H and O–H groups in total. The molecule has 1 atom stereocenters. The van der Waals surface area contributed by atoms with Crippen LogP contribution in [0.4, 0.5) is 0 Å². The molecule has 0 radical (unpaired) electrons. The third kappa shape index (κ3) is 8.17. The first-order chi connectivity index (χ1) is 5.66. The van der Waals surface area contributed by atoms with Gasteiger partial charge in [-0.05, 0) is 40.0 Å². The standard InChI is InChI=1S/C8H20N2OS/c1-10(2)6-4-8-12(11)7-3-5-9/h3-9H2,1-2H3. The van der Waals surface area contributed by atoms with Gasteiger partial charge in [-0.15, -0.1) is 0 Å². The van der Waals surface area contributed by atoms with Gasteiger partial charge in [0.1, 0.15) is 0 Å². The van der Waals surface area contributed by atoms with E-state index in [1.807, 2.05) is 14.1 Å². The molecular weight excluding hydrogens is 172 g/mol. The number of hydrogen-bond donors (Lipinski definition) is 1. The van der Waals surface area contributed by atoms with E-state index in [1.54, 1.807) is 0 Å². The van der Waals surface area contributed by atoms with Gasteiger partial charge in [-0.2, -0.15) is 0 Å². The van der Waals surface area contributed by atoms with Crippen molar-refractivity contribution in [2.45, 2.75) is 12.8 Å². The Morgan fingerprint density at radius 2 is 1.83 bits per heavy atom. The summed E-state index contributed by atoms with van der Waals surface area (Å²) in [6.07, 6.45) is 1.90. The minimum Gasteiger partial charge on any atom is -0.330 e. The van der Waals surface area contributed by atoms with Gasteiger partial charge in [-0.1, -0.05) is 0 Å². The maximum absolute atomic E-state index is 11.2. The maximum atomic E-state index is 11.2. The van der Waals surface area contributed by atoms with Crippen molar-refractivity contribution in [1.82, 2.24) is 4.90 Å². The third-order valence-corrected chi connectivity index (χ3v) is 3.04. The minimum atomic E-state index is -0.643. The Hall–Kier alpha value is 0.0700. The predicted octanol–water partition coefficient (Wildman–Crippen LogP) is 0.0356. The lowest BCUT2D eigenvalue weighted by Crippen LogP contribution is -2.16. The second-order valence-electron chi connectivity index (χ2n) is 3.15. The van der Waals surface area contributed by atoms with Crippen molar-refractivity contribution in [1.29, 1.82) is 0 Å². The van der Waals surface area contributed by atoms with Crippen LogP contribution in [0.25, 0.3) is 0 Å². The Bertz CT molecular complexity index is 128. The summed E-state index contributed by atoms with van der Waals surface area (Å²) < 4.78 is 11.2. The molecule has 0 rings (SSSR count). The smallest absolute Gasteiger partial charge is 0.0247 e. The van der Waals surface area contributed by atoms with Crippen LogP contribution in [-0.2, 0) is 10.8 Å². The third-order valence-electron chi connectivity index (χ3n) is 1.55. The van der Waals surface area contributed by atoms with Crippen LogP contribution >= 0.6 is 0 Å². The monoisotopic (exact) mass is 192 g/mol. The number of rotatable bonds is 7. The van der Waals surface area contributed by atoms with E-state index >= 15 is 0 Å². The van der Waals surface area contributed by atoms with Crippen LogP contribution in [0.2, 0.25) is 0 Å². The highest BCUT2D eigenvalue weighted by Gasteiger charge is 1.98. The fraction of sp³-hybridized carbons (Fsp3) is 1.00. The zero-order chi connectivity index (χ0) is 9.40. The van der Waals surface area contributed by atoms with Gasteiger partial charge in [0.05, 0.1) is 0 Å². The molecule has 0 fully saturated rings. The minimum absolute atomic E-state index is 0.643. The fourth-order valence-corrected chi connectivity index (χ4v) is 2.03. The zero-order valence-corrected chi connectivity index (χ0v) is 8.90. The van der Waals surface area contributed by atoms with Gasteiger partial charge in [0.15, 0.2) is 0 Å². The topological polar surface area (TPSA) is 46.3 Å². The molecule has 0 aromatic heterocycles. The van der Waals surface area contributed by atoms with Gasteiger partial charge in [-0.3, -0.25) is 4.21 Å².